The molecule has 0 unspecified atom stereocenters. The van der Waals surface area contributed by atoms with Crippen molar-refractivity contribution in [2.24, 2.45) is 0 Å². The van der Waals surface area contributed by atoms with Crippen LogP contribution < -0.4 is 5.32 Å². The summed E-state index contributed by atoms with van der Waals surface area (Å²) in [6, 6.07) is 11.5. The topological polar surface area (TPSA) is 83.6 Å². The lowest BCUT2D eigenvalue weighted by atomic mass is 10.2. The smallest absolute Gasteiger partial charge is 0.267 e. The van der Waals surface area contributed by atoms with E-state index in [9.17, 15) is 18.0 Å². The predicted octanol–water partition coefficient (Wildman–Crippen LogP) is 2.97. The Balaban J connectivity index is 1.87. The van der Waals surface area contributed by atoms with Gasteiger partial charge in [0.25, 0.3) is 10.0 Å². The third-order valence-corrected chi connectivity index (χ3v) is 6.25. The fourth-order valence-corrected chi connectivity index (χ4v) is 4.51. The molecular weight excluding hydrogens is 376 g/mol. The zero-order chi connectivity index (χ0) is 18.9. The van der Waals surface area contributed by atoms with Gasteiger partial charge in [-0.1, -0.05) is 29.3 Å². The number of aryl methyl sites for hydroxylation is 1. The summed E-state index contributed by atoms with van der Waals surface area (Å²) in [7, 11) is -4.10. The molecule has 1 aliphatic heterocycles. The molecule has 0 bridgehead atoms. The lowest BCUT2D eigenvalue weighted by Crippen LogP contribution is -2.45. The Morgan fingerprint density at radius 1 is 1.12 bits per heavy atom. The first-order chi connectivity index (χ1) is 12.3. The van der Waals surface area contributed by atoms with E-state index in [1.807, 2.05) is 6.92 Å². The van der Waals surface area contributed by atoms with Gasteiger partial charge in [-0.3, -0.25) is 9.59 Å². The highest BCUT2D eigenvalue weighted by atomic mass is 35.5. The van der Waals surface area contributed by atoms with Gasteiger partial charge in [-0.15, -0.1) is 0 Å². The van der Waals surface area contributed by atoms with Crippen molar-refractivity contribution in [1.29, 1.82) is 0 Å². The van der Waals surface area contributed by atoms with Crippen LogP contribution in [-0.2, 0) is 19.6 Å². The Bertz CT molecular complexity index is 940. The third-order valence-electron chi connectivity index (χ3n) is 4.15. The molecule has 2 aromatic carbocycles. The summed E-state index contributed by atoms with van der Waals surface area (Å²) >= 11 is 5.81. The second kappa shape index (κ2) is 7.09. The van der Waals surface area contributed by atoms with Gasteiger partial charge in [-0.05, 0) is 49.7 Å². The molecule has 2 amide bonds. The Morgan fingerprint density at radius 3 is 2.35 bits per heavy atom. The van der Waals surface area contributed by atoms with Crippen molar-refractivity contribution in [2.75, 3.05) is 5.32 Å². The number of anilines is 1. The summed E-state index contributed by atoms with van der Waals surface area (Å²) in [6.45, 7) is 1.83. The van der Waals surface area contributed by atoms with Gasteiger partial charge in [0.15, 0.2) is 0 Å². The van der Waals surface area contributed by atoms with Crippen molar-refractivity contribution in [1.82, 2.24) is 4.31 Å². The standard InChI is InChI=1S/C18H17ClN2O4S/c1-12-2-8-15(9-3-12)26(24,25)21-16(10-11-17(21)22)18(23)20-14-6-4-13(19)5-7-14/h2-9,16H,10-11H2,1H3,(H,20,23)/t16-/m1/s1. The maximum atomic E-state index is 12.9. The summed E-state index contributed by atoms with van der Waals surface area (Å²) in [4.78, 5) is 24.8. The molecular formula is C18H17ClN2O4S. The van der Waals surface area contributed by atoms with Crippen molar-refractivity contribution in [3.8, 4) is 0 Å². The van der Waals surface area contributed by atoms with Crippen LogP contribution in [0.5, 0.6) is 0 Å². The van der Waals surface area contributed by atoms with E-state index in [1.165, 1.54) is 12.1 Å². The molecule has 136 valence electrons. The van der Waals surface area contributed by atoms with Crippen molar-refractivity contribution >= 4 is 39.1 Å². The average Bonchev–Trinajstić information content (AvgIpc) is 3.00. The molecule has 0 radical (unpaired) electrons. The summed E-state index contributed by atoms with van der Waals surface area (Å²) in [5.41, 5.74) is 1.38. The van der Waals surface area contributed by atoms with Crippen LogP contribution in [0.1, 0.15) is 18.4 Å². The molecule has 1 fully saturated rings. The molecule has 8 heteroatoms. The van der Waals surface area contributed by atoms with E-state index < -0.39 is 27.9 Å². The van der Waals surface area contributed by atoms with Crippen LogP contribution in [0.25, 0.3) is 0 Å². The van der Waals surface area contributed by atoms with Crippen LogP contribution in [-0.4, -0.2) is 30.6 Å². The number of benzene rings is 2. The highest BCUT2D eigenvalue weighted by Gasteiger charge is 2.44. The predicted molar refractivity (Wildman–Crippen MR) is 98.3 cm³/mol. The molecule has 0 aromatic heterocycles. The highest BCUT2D eigenvalue weighted by Crippen LogP contribution is 2.28. The number of hydrogen-bond acceptors (Lipinski definition) is 4. The molecule has 6 nitrogen and oxygen atoms in total. The van der Waals surface area contributed by atoms with Crippen molar-refractivity contribution < 1.29 is 18.0 Å². The number of sulfonamides is 1. The lowest BCUT2D eigenvalue weighted by molar-refractivity contribution is -0.128. The van der Waals surface area contributed by atoms with E-state index in [0.717, 1.165) is 5.56 Å². The van der Waals surface area contributed by atoms with Gasteiger partial charge in [0.1, 0.15) is 6.04 Å². The fraction of sp³-hybridized carbons (Fsp3) is 0.222. The van der Waals surface area contributed by atoms with Gasteiger partial charge in [0.05, 0.1) is 4.90 Å². The largest absolute Gasteiger partial charge is 0.324 e. The van der Waals surface area contributed by atoms with Gasteiger partial charge in [0.2, 0.25) is 11.8 Å². The Morgan fingerprint density at radius 2 is 1.73 bits per heavy atom. The van der Waals surface area contributed by atoms with Crippen LogP contribution >= 0.6 is 11.6 Å². The van der Waals surface area contributed by atoms with Crippen molar-refractivity contribution in [3.05, 3.63) is 59.1 Å². The van der Waals surface area contributed by atoms with E-state index in [2.05, 4.69) is 5.32 Å². The van der Waals surface area contributed by atoms with Gasteiger partial charge in [-0.2, -0.15) is 0 Å². The van der Waals surface area contributed by atoms with Crippen LogP contribution in [0.4, 0.5) is 5.69 Å². The first-order valence-electron chi connectivity index (χ1n) is 7.99. The van der Waals surface area contributed by atoms with E-state index >= 15 is 0 Å². The zero-order valence-corrected chi connectivity index (χ0v) is 15.5. The fourth-order valence-electron chi connectivity index (χ4n) is 2.78. The molecule has 0 spiro atoms. The van der Waals surface area contributed by atoms with E-state index in [1.54, 1.807) is 36.4 Å². The van der Waals surface area contributed by atoms with E-state index in [4.69, 9.17) is 11.6 Å². The molecule has 1 atom stereocenters. The molecule has 1 N–H and O–H groups in total. The van der Waals surface area contributed by atoms with Gasteiger partial charge >= 0.3 is 0 Å². The molecule has 1 aliphatic rings. The zero-order valence-electron chi connectivity index (χ0n) is 14.0. The lowest BCUT2D eigenvalue weighted by Gasteiger charge is -2.23. The molecule has 1 saturated heterocycles. The minimum atomic E-state index is -4.10. The number of carbonyl (C=O) groups excluding carboxylic acids is 2. The maximum Gasteiger partial charge on any atom is 0.267 e. The minimum absolute atomic E-state index is 0.00377. The van der Waals surface area contributed by atoms with Crippen molar-refractivity contribution in [2.45, 2.75) is 30.7 Å². The normalized spacial score (nSPS) is 17.4. The van der Waals surface area contributed by atoms with Gasteiger partial charge < -0.3 is 5.32 Å². The Labute approximate surface area is 156 Å². The number of nitrogens with zero attached hydrogens (tertiary/aromatic N) is 1. The second-order valence-corrected chi connectivity index (χ2v) is 8.31. The van der Waals surface area contributed by atoms with Crippen molar-refractivity contribution in [3.63, 3.8) is 0 Å². The van der Waals surface area contributed by atoms with E-state index in [0.29, 0.717) is 15.0 Å². The van der Waals surface area contributed by atoms with Gasteiger partial charge in [0, 0.05) is 17.1 Å². The van der Waals surface area contributed by atoms with Crippen LogP contribution in [0.15, 0.2) is 53.4 Å². The SMILES string of the molecule is Cc1ccc(S(=O)(=O)N2C(=O)CC[C@@H]2C(=O)Nc2ccc(Cl)cc2)cc1. The molecule has 26 heavy (non-hydrogen) atoms. The quantitative estimate of drug-likeness (QED) is 0.867. The van der Waals surface area contributed by atoms with Crippen LogP contribution in [0.2, 0.25) is 5.02 Å². The van der Waals surface area contributed by atoms with Crippen LogP contribution in [0, 0.1) is 6.92 Å². The third kappa shape index (κ3) is 3.59. The first-order valence-corrected chi connectivity index (χ1v) is 9.81. The summed E-state index contributed by atoms with van der Waals surface area (Å²) < 4.78 is 26.4. The van der Waals surface area contributed by atoms with Gasteiger partial charge in [-0.25, -0.2) is 12.7 Å². The number of carbonyl (C=O) groups is 2. The number of hydrogen-bond donors (Lipinski definition) is 1. The Kier molecular flexibility index (Phi) is 5.02. The summed E-state index contributed by atoms with van der Waals surface area (Å²) in [5.74, 6) is -1.13. The summed E-state index contributed by atoms with van der Waals surface area (Å²) in [5, 5.41) is 3.15. The average molecular weight is 393 g/mol. The summed E-state index contributed by atoms with van der Waals surface area (Å²) in [6.07, 6.45) is 0.146. The number of rotatable bonds is 4. The van der Waals surface area contributed by atoms with Crippen LogP contribution in [0.3, 0.4) is 0 Å². The maximum absolute atomic E-state index is 12.9. The molecule has 1 heterocycles. The molecule has 3 rings (SSSR count). The number of halogens is 1. The first kappa shape index (κ1) is 18.4. The molecule has 0 aliphatic carbocycles. The molecule has 2 aromatic rings. The monoisotopic (exact) mass is 392 g/mol. The number of nitrogens with one attached hydrogen (secondary N) is 1. The minimum Gasteiger partial charge on any atom is -0.324 e. The second-order valence-electron chi connectivity index (χ2n) is 6.06. The van der Waals surface area contributed by atoms with E-state index in [-0.39, 0.29) is 17.7 Å². The Hall–Kier alpha value is -2.38. The number of amides is 2. The molecule has 0 saturated carbocycles. The highest BCUT2D eigenvalue weighted by molar-refractivity contribution is 7.89.